The Labute approximate surface area is 129 Å². The Bertz CT molecular complexity index is 403. The third kappa shape index (κ3) is 3.26. The summed E-state index contributed by atoms with van der Waals surface area (Å²) in [7, 11) is 2.78. The van der Waals surface area contributed by atoms with E-state index in [0.717, 1.165) is 6.92 Å². The molecule has 1 N–H and O–H groups in total. The molecule has 0 aliphatic carbocycles. The molecule has 1 aliphatic rings. The van der Waals surface area contributed by atoms with Gasteiger partial charge in [0.25, 0.3) is 0 Å². The molecule has 8 heteroatoms. The molecule has 1 aliphatic heterocycles. The molecule has 1 saturated heterocycles. The molecule has 7 nitrogen and oxygen atoms in total. The van der Waals surface area contributed by atoms with Crippen molar-refractivity contribution >= 4 is 5.97 Å². The van der Waals surface area contributed by atoms with Crippen molar-refractivity contribution in [3.05, 3.63) is 0 Å². The van der Waals surface area contributed by atoms with Gasteiger partial charge in [0.2, 0.25) is 17.2 Å². The average molecular weight is 324 g/mol. The van der Waals surface area contributed by atoms with Crippen LogP contribution >= 0.6 is 0 Å². The van der Waals surface area contributed by atoms with Crippen molar-refractivity contribution in [3.63, 3.8) is 0 Å². The molecule has 0 aromatic heterocycles. The van der Waals surface area contributed by atoms with Crippen LogP contribution < -0.4 is 0 Å². The number of ether oxygens (including phenoxy) is 5. The SMILES string of the molecule is CCOC(=O)C(C)(F)C(O)[C@H]1COC(C)(OC)C(C)(OC)O1. The highest BCUT2D eigenvalue weighted by Gasteiger charge is 2.57. The van der Waals surface area contributed by atoms with Gasteiger partial charge >= 0.3 is 5.97 Å². The van der Waals surface area contributed by atoms with E-state index >= 15 is 0 Å². The summed E-state index contributed by atoms with van der Waals surface area (Å²) in [6.07, 6.45) is -2.92. The number of carbonyl (C=O) groups excluding carboxylic acids is 1. The Morgan fingerprint density at radius 2 is 1.95 bits per heavy atom. The number of carbonyl (C=O) groups is 1. The minimum atomic E-state index is -2.64. The molecule has 0 bridgehead atoms. The highest BCUT2D eigenvalue weighted by atomic mass is 19.1. The second-order valence-corrected chi connectivity index (χ2v) is 5.51. The lowest BCUT2D eigenvalue weighted by molar-refractivity contribution is -0.438. The Kier molecular flexibility index (Phi) is 5.91. The number of hydrogen-bond acceptors (Lipinski definition) is 7. The van der Waals surface area contributed by atoms with Crippen molar-refractivity contribution in [2.75, 3.05) is 27.4 Å². The second-order valence-electron chi connectivity index (χ2n) is 5.51. The van der Waals surface area contributed by atoms with Gasteiger partial charge in [-0.25, -0.2) is 9.18 Å². The van der Waals surface area contributed by atoms with Crippen LogP contribution in [0, 0.1) is 0 Å². The maximum absolute atomic E-state index is 14.5. The van der Waals surface area contributed by atoms with Crippen molar-refractivity contribution in [1.82, 2.24) is 0 Å². The number of rotatable bonds is 6. The van der Waals surface area contributed by atoms with Gasteiger partial charge in [0.15, 0.2) is 0 Å². The van der Waals surface area contributed by atoms with Crippen LogP contribution in [-0.2, 0) is 28.5 Å². The number of esters is 1. The van der Waals surface area contributed by atoms with Gasteiger partial charge in [-0.15, -0.1) is 0 Å². The van der Waals surface area contributed by atoms with Crippen LogP contribution in [0.25, 0.3) is 0 Å². The largest absolute Gasteiger partial charge is 0.464 e. The number of aliphatic hydroxyl groups excluding tert-OH is 1. The second kappa shape index (κ2) is 6.76. The fourth-order valence-electron chi connectivity index (χ4n) is 2.18. The van der Waals surface area contributed by atoms with Crippen LogP contribution in [0.4, 0.5) is 4.39 Å². The molecule has 22 heavy (non-hydrogen) atoms. The van der Waals surface area contributed by atoms with E-state index in [2.05, 4.69) is 4.74 Å². The van der Waals surface area contributed by atoms with E-state index in [4.69, 9.17) is 18.9 Å². The molecular weight excluding hydrogens is 299 g/mol. The third-order valence-electron chi connectivity index (χ3n) is 4.09. The normalized spacial score (nSPS) is 36.5. The summed E-state index contributed by atoms with van der Waals surface area (Å²) in [6, 6.07) is 0. The third-order valence-corrected chi connectivity index (χ3v) is 4.09. The maximum atomic E-state index is 14.5. The minimum Gasteiger partial charge on any atom is -0.464 e. The van der Waals surface area contributed by atoms with Crippen molar-refractivity contribution in [3.8, 4) is 0 Å². The summed E-state index contributed by atoms with van der Waals surface area (Å²) < 4.78 is 40.9. The Morgan fingerprint density at radius 1 is 1.41 bits per heavy atom. The topological polar surface area (TPSA) is 83.5 Å². The maximum Gasteiger partial charge on any atom is 0.346 e. The summed E-state index contributed by atoms with van der Waals surface area (Å²) in [5.74, 6) is -3.80. The molecule has 130 valence electrons. The van der Waals surface area contributed by atoms with Crippen LogP contribution in [0.15, 0.2) is 0 Å². The van der Waals surface area contributed by atoms with Crippen molar-refractivity contribution in [2.45, 2.75) is 57.1 Å². The summed E-state index contributed by atoms with van der Waals surface area (Å²) in [5.41, 5.74) is -2.64. The van der Waals surface area contributed by atoms with Crippen LogP contribution in [0.1, 0.15) is 27.7 Å². The summed E-state index contributed by atoms with van der Waals surface area (Å²) >= 11 is 0. The first kappa shape index (κ1) is 19.2. The molecular formula is C14H25FO7. The van der Waals surface area contributed by atoms with Gasteiger partial charge < -0.3 is 28.8 Å². The monoisotopic (exact) mass is 324 g/mol. The van der Waals surface area contributed by atoms with Gasteiger partial charge in [-0.3, -0.25) is 0 Å². The molecule has 0 amide bonds. The van der Waals surface area contributed by atoms with Gasteiger partial charge in [-0.1, -0.05) is 0 Å². The minimum absolute atomic E-state index is 0.00458. The Balaban J connectivity index is 2.93. The predicted octanol–water partition coefficient (Wildman–Crippen LogP) is 0.779. The van der Waals surface area contributed by atoms with Crippen molar-refractivity contribution < 1.29 is 38.0 Å². The summed E-state index contributed by atoms with van der Waals surface area (Å²) in [5, 5.41) is 10.2. The fraction of sp³-hybridized carbons (Fsp3) is 0.929. The molecule has 0 saturated carbocycles. The molecule has 1 heterocycles. The smallest absolute Gasteiger partial charge is 0.346 e. The van der Waals surface area contributed by atoms with Gasteiger partial charge in [0.1, 0.15) is 12.2 Å². The van der Waals surface area contributed by atoms with E-state index in [1.165, 1.54) is 21.1 Å². The zero-order chi connectivity index (χ0) is 17.2. The first-order chi connectivity index (χ1) is 10.1. The van der Waals surface area contributed by atoms with Crippen molar-refractivity contribution in [1.29, 1.82) is 0 Å². The van der Waals surface area contributed by atoms with Gasteiger partial charge in [0.05, 0.1) is 13.2 Å². The zero-order valence-corrected chi connectivity index (χ0v) is 13.8. The molecule has 1 rings (SSSR count). The highest BCUT2D eigenvalue weighted by Crippen LogP contribution is 2.38. The quantitative estimate of drug-likeness (QED) is 0.723. The number of halogens is 1. The zero-order valence-electron chi connectivity index (χ0n) is 13.8. The van der Waals surface area contributed by atoms with Crippen molar-refractivity contribution in [2.24, 2.45) is 0 Å². The molecule has 4 unspecified atom stereocenters. The standard InChI is InChI=1S/C14H25FO7/c1-7-20-11(17)12(2,15)10(16)9-8-21-13(3,18-5)14(4,19-6)22-9/h9-10,16H,7-8H2,1-6H3/t9-,10?,12?,13?,14?/m1/s1. The molecule has 0 radical (unpaired) electrons. The van der Waals surface area contributed by atoms with E-state index in [0.29, 0.717) is 0 Å². The number of methoxy groups -OCH3 is 2. The Hall–Kier alpha value is -0.800. The van der Waals surface area contributed by atoms with Crippen LogP contribution in [0.5, 0.6) is 0 Å². The lowest BCUT2D eigenvalue weighted by Gasteiger charge is -2.50. The molecule has 0 aromatic rings. The fourth-order valence-corrected chi connectivity index (χ4v) is 2.18. The van der Waals surface area contributed by atoms with E-state index in [1.807, 2.05) is 0 Å². The molecule has 0 aromatic carbocycles. The number of aliphatic hydroxyl groups is 1. The van der Waals surface area contributed by atoms with E-state index in [1.54, 1.807) is 13.8 Å². The van der Waals surface area contributed by atoms with E-state index < -0.39 is 35.4 Å². The molecule has 1 fully saturated rings. The average Bonchev–Trinajstić information content (AvgIpc) is 2.49. The van der Waals surface area contributed by atoms with Crippen LogP contribution in [-0.4, -0.2) is 68.0 Å². The number of hydrogen-bond donors (Lipinski definition) is 1. The van der Waals surface area contributed by atoms with Crippen LogP contribution in [0.3, 0.4) is 0 Å². The lowest BCUT2D eigenvalue weighted by Crippen LogP contribution is -2.66. The van der Waals surface area contributed by atoms with Crippen LogP contribution in [0.2, 0.25) is 0 Å². The summed E-state index contributed by atoms with van der Waals surface area (Å²) in [4.78, 5) is 11.7. The molecule has 5 atom stereocenters. The van der Waals surface area contributed by atoms with E-state index in [9.17, 15) is 14.3 Å². The first-order valence-corrected chi connectivity index (χ1v) is 7.04. The first-order valence-electron chi connectivity index (χ1n) is 7.04. The van der Waals surface area contributed by atoms with E-state index in [-0.39, 0.29) is 13.2 Å². The van der Waals surface area contributed by atoms with Gasteiger partial charge in [-0.2, -0.15) is 0 Å². The van der Waals surface area contributed by atoms with Gasteiger partial charge in [-0.05, 0) is 27.7 Å². The lowest BCUT2D eigenvalue weighted by atomic mass is 9.95. The predicted molar refractivity (Wildman–Crippen MR) is 73.8 cm³/mol. The Morgan fingerprint density at radius 3 is 2.41 bits per heavy atom. The van der Waals surface area contributed by atoms with Gasteiger partial charge in [0, 0.05) is 14.2 Å². The number of alkyl halides is 1. The highest BCUT2D eigenvalue weighted by molar-refractivity contribution is 5.79. The summed E-state index contributed by atoms with van der Waals surface area (Å²) in [6.45, 7) is 5.45. The molecule has 0 spiro atoms.